The number of benzene rings is 2. The molecule has 0 saturated heterocycles. The summed E-state index contributed by atoms with van der Waals surface area (Å²) in [5.41, 5.74) is 2.77. The number of carbonyl (C=O) groups excluding carboxylic acids is 1. The topological polar surface area (TPSA) is 111 Å². The zero-order valence-corrected chi connectivity index (χ0v) is 16.2. The second-order valence-electron chi connectivity index (χ2n) is 6.48. The van der Waals surface area contributed by atoms with E-state index in [9.17, 15) is 9.59 Å². The molecule has 0 aromatic heterocycles. The number of aliphatic carboxylic acids is 1. The highest BCUT2D eigenvalue weighted by molar-refractivity contribution is 5.79. The van der Waals surface area contributed by atoms with E-state index in [2.05, 4.69) is 16.7 Å². The third-order valence-electron chi connectivity index (χ3n) is 4.23. The zero-order valence-electron chi connectivity index (χ0n) is 16.2. The van der Waals surface area contributed by atoms with Gasteiger partial charge in [-0.25, -0.2) is 4.79 Å². The van der Waals surface area contributed by atoms with E-state index >= 15 is 0 Å². The standard InChI is InChI=1S/C22H25N3O4/c23-15-17-5-7-18(8-6-17)19-9-11-20(12-10-19)29-14-4-2-1-3-13-24-22(28)25-16-21(26)27/h5-12H,1-4,13-14,16H2,(H,26,27)(H2,24,25,28). The number of nitrogens with zero attached hydrogens (tertiary/aromatic N) is 1. The average molecular weight is 395 g/mol. The van der Waals surface area contributed by atoms with Crippen LogP contribution in [0.2, 0.25) is 0 Å². The molecule has 2 aromatic rings. The molecular weight excluding hydrogens is 370 g/mol. The first-order valence-corrected chi connectivity index (χ1v) is 9.55. The number of hydrogen-bond acceptors (Lipinski definition) is 4. The lowest BCUT2D eigenvalue weighted by Gasteiger charge is -2.08. The van der Waals surface area contributed by atoms with Crippen molar-refractivity contribution in [1.29, 1.82) is 5.26 Å². The predicted octanol–water partition coefficient (Wildman–Crippen LogP) is 3.55. The molecule has 2 rings (SSSR count). The molecule has 2 aromatic carbocycles. The number of amides is 2. The summed E-state index contributed by atoms with van der Waals surface area (Å²) in [6, 6.07) is 17.0. The minimum Gasteiger partial charge on any atom is -0.494 e. The van der Waals surface area contributed by atoms with Crippen molar-refractivity contribution >= 4 is 12.0 Å². The highest BCUT2D eigenvalue weighted by Gasteiger charge is 2.02. The lowest BCUT2D eigenvalue weighted by molar-refractivity contribution is -0.135. The molecule has 0 bridgehead atoms. The molecule has 152 valence electrons. The van der Waals surface area contributed by atoms with Gasteiger partial charge in [0, 0.05) is 6.54 Å². The lowest BCUT2D eigenvalue weighted by Crippen LogP contribution is -2.38. The molecule has 2 amide bonds. The minimum absolute atomic E-state index is 0.377. The molecule has 0 radical (unpaired) electrons. The van der Waals surface area contributed by atoms with Crippen molar-refractivity contribution in [3.8, 4) is 22.9 Å². The Morgan fingerprint density at radius 2 is 1.52 bits per heavy atom. The maximum Gasteiger partial charge on any atom is 0.323 e. The summed E-state index contributed by atoms with van der Waals surface area (Å²) < 4.78 is 5.75. The quantitative estimate of drug-likeness (QED) is 0.504. The Hall–Kier alpha value is -3.53. The summed E-state index contributed by atoms with van der Waals surface area (Å²) in [7, 11) is 0. The van der Waals surface area contributed by atoms with Gasteiger partial charge in [-0.15, -0.1) is 0 Å². The Bertz CT molecular complexity index is 827. The second kappa shape index (κ2) is 12.0. The highest BCUT2D eigenvalue weighted by Crippen LogP contribution is 2.23. The van der Waals surface area contributed by atoms with Crippen LogP contribution in [0.4, 0.5) is 4.79 Å². The van der Waals surface area contributed by atoms with Gasteiger partial charge in [0.15, 0.2) is 0 Å². The molecule has 0 saturated carbocycles. The molecule has 0 spiro atoms. The molecule has 7 heteroatoms. The van der Waals surface area contributed by atoms with Crippen LogP contribution in [0.15, 0.2) is 48.5 Å². The average Bonchev–Trinajstić information content (AvgIpc) is 2.74. The molecule has 0 aliphatic carbocycles. The highest BCUT2D eigenvalue weighted by atomic mass is 16.5. The molecule has 3 N–H and O–H groups in total. The Labute approximate surface area is 170 Å². The smallest absolute Gasteiger partial charge is 0.323 e. The Balaban J connectivity index is 1.57. The summed E-state index contributed by atoms with van der Waals surface area (Å²) in [6.07, 6.45) is 3.70. The third-order valence-corrected chi connectivity index (χ3v) is 4.23. The molecule has 0 aliphatic rings. The van der Waals surface area contributed by atoms with Gasteiger partial charge in [-0.05, 0) is 48.2 Å². The minimum atomic E-state index is -1.07. The van der Waals surface area contributed by atoms with Gasteiger partial charge in [0.1, 0.15) is 12.3 Å². The van der Waals surface area contributed by atoms with Gasteiger partial charge in [-0.1, -0.05) is 37.1 Å². The maximum atomic E-state index is 11.3. The normalized spacial score (nSPS) is 10.0. The van der Waals surface area contributed by atoms with E-state index in [1.165, 1.54) is 0 Å². The third kappa shape index (κ3) is 8.35. The zero-order chi connectivity index (χ0) is 20.9. The van der Waals surface area contributed by atoms with E-state index in [-0.39, 0.29) is 6.54 Å². The van der Waals surface area contributed by atoms with Crippen LogP contribution in [0.3, 0.4) is 0 Å². The molecular formula is C22H25N3O4. The Kier molecular flexibility index (Phi) is 9.03. The van der Waals surface area contributed by atoms with Crippen molar-refractivity contribution in [2.75, 3.05) is 19.7 Å². The van der Waals surface area contributed by atoms with Gasteiger partial charge in [-0.2, -0.15) is 5.26 Å². The first kappa shape index (κ1) is 21.8. The van der Waals surface area contributed by atoms with Crippen molar-refractivity contribution in [3.63, 3.8) is 0 Å². The fraction of sp³-hybridized carbons (Fsp3) is 0.318. The molecule has 0 heterocycles. The van der Waals surface area contributed by atoms with Crippen LogP contribution in [-0.4, -0.2) is 36.8 Å². The molecule has 0 fully saturated rings. The Morgan fingerprint density at radius 3 is 2.14 bits per heavy atom. The fourth-order valence-corrected chi connectivity index (χ4v) is 2.67. The predicted molar refractivity (Wildman–Crippen MR) is 110 cm³/mol. The number of urea groups is 1. The number of carboxylic acid groups (broad SMARTS) is 1. The van der Waals surface area contributed by atoms with E-state index < -0.39 is 12.0 Å². The van der Waals surface area contributed by atoms with Crippen LogP contribution in [0, 0.1) is 11.3 Å². The van der Waals surface area contributed by atoms with E-state index in [0.29, 0.717) is 18.7 Å². The van der Waals surface area contributed by atoms with E-state index in [4.69, 9.17) is 15.1 Å². The number of rotatable bonds is 11. The number of unbranched alkanes of at least 4 members (excludes halogenated alkanes) is 3. The summed E-state index contributed by atoms with van der Waals surface area (Å²) in [5.74, 6) is -0.247. The molecule has 0 aliphatic heterocycles. The monoisotopic (exact) mass is 395 g/mol. The molecule has 0 atom stereocenters. The van der Waals surface area contributed by atoms with Gasteiger partial charge in [-0.3, -0.25) is 4.79 Å². The van der Waals surface area contributed by atoms with Crippen molar-refractivity contribution in [1.82, 2.24) is 10.6 Å². The lowest BCUT2D eigenvalue weighted by atomic mass is 10.0. The van der Waals surface area contributed by atoms with Crippen molar-refractivity contribution in [2.45, 2.75) is 25.7 Å². The van der Waals surface area contributed by atoms with E-state index in [0.717, 1.165) is 42.6 Å². The number of hydrogen-bond donors (Lipinski definition) is 3. The summed E-state index contributed by atoms with van der Waals surface area (Å²) in [4.78, 5) is 21.6. The van der Waals surface area contributed by atoms with Crippen LogP contribution in [0.5, 0.6) is 5.75 Å². The van der Waals surface area contributed by atoms with Crippen LogP contribution in [-0.2, 0) is 4.79 Å². The molecule has 29 heavy (non-hydrogen) atoms. The van der Waals surface area contributed by atoms with Crippen LogP contribution in [0.25, 0.3) is 11.1 Å². The molecule has 7 nitrogen and oxygen atoms in total. The number of nitriles is 1. The largest absolute Gasteiger partial charge is 0.494 e. The SMILES string of the molecule is N#Cc1ccc(-c2ccc(OCCCCCCNC(=O)NCC(=O)O)cc2)cc1. The fourth-order valence-electron chi connectivity index (χ4n) is 2.67. The summed E-state index contributed by atoms with van der Waals surface area (Å²) in [5, 5.41) is 22.2. The van der Waals surface area contributed by atoms with Crippen molar-refractivity contribution < 1.29 is 19.4 Å². The molecule has 0 unspecified atom stereocenters. The van der Waals surface area contributed by atoms with Crippen molar-refractivity contribution in [3.05, 3.63) is 54.1 Å². The van der Waals surface area contributed by atoms with Crippen LogP contribution < -0.4 is 15.4 Å². The van der Waals surface area contributed by atoms with Gasteiger partial charge in [0.25, 0.3) is 0 Å². The van der Waals surface area contributed by atoms with E-state index in [1.807, 2.05) is 36.4 Å². The van der Waals surface area contributed by atoms with Crippen LogP contribution in [0.1, 0.15) is 31.2 Å². The summed E-state index contributed by atoms with van der Waals surface area (Å²) in [6.45, 7) is 0.767. The maximum absolute atomic E-state index is 11.3. The second-order valence-corrected chi connectivity index (χ2v) is 6.48. The van der Waals surface area contributed by atoms with Crippen LogP contribution >= 0.6 is 0 Å². The Morgan fingerprint density at radius 1 is 0.897 bits per heavy atom. The van der Waals surface area contributed by atoms with Gasteiger partial charge < -0.3 is 20.5 Å². The number of ether oxygens (including phenoxy) is 1. The number of carbonyl (C=O) groups is 2. The number of nitrogens with one attached hydrogen (secondary N) is 2. The van der Waals surface area contributed by atoms with Gasteiger partial charge in [0.2, 0.25) is 0 Å². The van der Waals surface area contributed by atoms with Crippen molar-refractivity contribution in [2.24, 2.45) is 0 Å². The first-order valence-electron chi connectivity index (χ1n) is 9.55. The van der Waals surface area contributed by atoms with E-state index in [1.54, 1.807) is 12.1 Å². The number of carboxylic acids is 1. The van der Waals surface area contributed by atoms with Gasteiger partial charge in [0.05, 0.1) is 18.2 Å². The van der Waals surface area contributed by atoms with Gasteiger partial charge >= 0.3 is 12.0 Å². The first-order chi connectivity index (χ1) is 14.1. The summed E-state index contributed by atoms with van der Waals surface area (Å²) >= 11 is 0.